The number of nitrogens with zero attached hydrogens (tertiary/aromatic N) is 4. The van der Waals surface area contributed by atoms with Crippen LogP contribution in [0.1, 0.15) is 91.1 Å². The van der Waals surface area contributed by atoms with Crippen molar-refractivity contribution in [3.63, 3.8) is 0 Å². The number of likely N-dealkylation sites (tertiary alicyclic amines) is 2. The number of carbonyl (C=O) groups excluding carboxylic acids is 4. The van der Waals surface area contributed by atoms with E-state index in [0.29, 0.717) is 25.3 Å². The van der Waals surface area contributed by atoms with Gasteiger partial charge >= 0.3 is 0 Å². The van der Waals surface area contributed by atoms with Crippen LogP contribution in [0.2, 0.25) is 0 Å². The number of H-pyrrole nitrogens is 1. The van der Waals surface area contributed by atoms with Crippen molar-refractivity contribution in [2.75, 3.05) is 13.1 Å². The molecule has 2 aromatic carbocycles. The summed E-state index contributed by atoms with van der Waals surface area (Å²) in [5, 5.41) is 25.5. The first-order valence-corrected chi connectivity index (χ1v) is 19.8. The van der Waals surface area contributed by atoms with Gasteiger partial charge in [0.05, 0.1) is 24.0 Å². The predicted molar refractivity (Wildman–Crippen MR) is 215 cm³/mol. The second-order valence-corrected chi connectivity index (χ2v) is 16.0. The van der Waals surface area contributed by atoms with Gasteiger partial charge in [-0.2, -0.15) is 0 Å². The van der Waals surface area contributed by atoms with Crippen molar-refractivity contribution < 1.29 is 29.4 Å². The molecular weight excluding hydrogens is 711 g/mol. The minimum Gasteiger partial charge on any atom is -0.383 e. The third-order valence-electron chi connectivity index (χ3n) is 11.2. The number of amides is 4. The number of carbonyl (C=O) groups is 4. The van der Waals surface area contributed by atoms with Crippen molar-refractivity contribution in [3.8, 4) is 22.4 Å². The number of hydrogen-bond acceptors (Lipinski definition) is 8. The average molecular weight is 766 g/mol. The molecule has 298 valence electrons. The largest absolute Gasteiger partial charge is 0.383 e. The zero-order valence-electron chi connectivity index (χ0n) is 33.2. The van der Waals surface area contributed by atoms with Crippen molar-refractivity contribution in [3.05, 3.63) is 72.3 Å². The lowest BCUT2D eigenvalue weighted by molar-refractivity contribution is -0.140. The van der Waals surface area contributed by atoms with E-state index in [1.54, 1.807) is 52.6 Å². The minimum atomic E-state index is -1.17. The van der Waals surface area contributed by atoms with Crippen LogP contribution in [0.15, 0.2) is 65.9 Å². The molecule has 2 saturated heterocycles. The Balaban J connectivity index is 1.04. The van der Waals surface area contributed by atoms with Crippen LogP contribution in [0, 0.1) is 11.8 Å². The van der Waals surface area contributed by atoms with E-state index in [9.17, 15) is 29.4 Å². The number of hydrogen-bond donors (Lipinski definition) is 5. The standard InChI is InChI=1S/C43H55N7O6/c1-24(2)37(51)40(53)46-26(5)42(55)49-19-7-9-35(49)33-21-32(22-44-33)30-13-11-28(12-14-30)29-15-17-31(18-16-29)34-23-45-39(48-34)36-10-8-20-50(36)43(56)27(6)47-41(54)38(52)25(3)4/h11-18,22-27,35-38,51-52H,7-10,19-21H2,1-6H3,(H,45,48)(H,46,53)(H,47,54)/t26-,27-,35-,36?,37+,38?/m0/s1. The SMILES string of the molecule is CC(C)C(O)C(=O)N[C@@H](C)C(=O)N1CCCC1c1ncc(-c2ccc(-c3ccc(C4=CN=C([C@@H]5CCCN5C(=O)[C@H](C)NC(=O)[C@H](O)C(C)C)C4)cc3)cc2)[nH]1. The first-order chi connectivity index (χ1) is 26.7. The third kappa shape index (κ3) is 8.79. The molecule has 3 aliphatic heterocycles. The second-order valence-electron chi connectivity index (χ2n) is 16.0. The number of aliphatic hydroxyl groups is 2. The van der Waals surface area contributed by atoms with Crippen molar-refractivity contribution in [1.82, 2.24) is 30.4 Å². The topological polar surface area (TPSA) is 180 Å². The summed E-state index contributed by atoms with van der Waals surface area (Å²) in [6.07, 6.45) is 5.26. The van der Waals surface area contributed by atoms with Gasteiger partial charge in [0.1, 0.15) is 30.1 Å². The van der Waals surface area contributed by atoms with Gasteiger partial charge < -0.3 is 35.6 Å². The molecule has 4 amide bonds. The van der Waals surface area contributed by atoms with E-state index in [-0.39, 0.29) is 35.7 Å². The maximum absolute atomic E-state index is 13.4. The van der Waals surface area contributed by atoms with Crippen molar-refractivity contribution in [2.45, 2.75) is 110 Å². The van der Waals surface area contributed by atoms with E-state index in [1.807, 2.05) is 23.2 Å². The number of aliphatic imine (C=N–C) groups is 1. The van der Waals surface area contributed by atoms with Crippen LogP contribution in [0.3, 0.4) is 0 Å². The van der Waals surface area contributed by atoms with Gasteiger partial charge in [-0.1, -0.05) is 76.2 Å². The van der Waals surface area contributed by atoms with E-state index in [4.69, 9.17) is 4.99 Å². The molecule has 3 aliphatic rings. The summed E-state index contributed by atoms with van der Waals surface area (Å²) >= 11 is 0. The fraction of sp³-hybridized carbons (Fsp3) is 0.488. The lowest BCUT2D eigenvalue weighted by Gasteiger charge is -2.29. The summed E-state index contributed by atoms with van der Waals surface area (Å²) in [4.78, 5) is 67.8. The second kappa shape index (κ2) is 17.3. The predicted octanol–water partition coefficient (Wildman–Crippen LogP) is 4.63. The quantitative estimate of drug-likeness (QED) is 0.168. The van der Waals surface area contributed by atoms with Gasteiger partial charge in [-0.15, -0.1) is 0 Å². The summed E-state index contributed by atoms with van der Waals surface area (Å²) in [7, 11) is 0. The van der Waals surface area contributed by atoms with Gasteiger partial charge in [-0.3, -0.25) is 24.2 Å². The van der Waals surface area contributed by atoms with E-state index in [1.165, 1.54) is 0 Å². The van der Waals surface area contributed by atoms with Crippen molar-refractivity contribution in [1.29, 1.82) is 0 Å². The molecule has 3 aromatic rings. The molecular formula is C43H55N7O6. The van der Waals surface area contributed by atoms with Crippen LogP contribution in [-0.4, -0.2) is 103 Å². The number of rotatable bonds is 13. The number of benzene rings is 2. The molecule has 56 heavy (non-hydrogen) atoms. The summed E-state index contributed by atoms with van der Waals surface area (Å²) in [5.41, 5.74) is 7.04. The highest BCUT2D eigenvalue weighted by molar-refractivity contribution is 6.04. The van der Waals surface area contributed by atoms with Gasteiger partial charge in [0.2, 0.25) is 23.6 Å². The molecule has 0 spiro atoms. The van der Waals surface area contributed by atoms with Crippen molar-refractivity contribution >= 4 is 34.9 Å². The van der Waals surface area contributed by atoms with E-state index < -0.39 is 36.1 Å². The zero-order valence-corrected chi connectivity index (χ0v) is 33.2. The monoisotopic (exact) mass is 765 g/mol. The summed E-state index contributed by atoms with van der Waals surface area (Å²) in [6, 6.07) is 14.7. The molecule has 0 saturated carbocycles. The molecule has 0 aliphatic carbocycles. The third-order valence-corrected chi connectivity index (χ3v) is 11.2. The Bertz CT molecular complexity index is 1970. The Morgan fingerprint density at radius 2 is 1.16 bits per heavy atom. The first-order valence-electron chi connectivity index (χ1n) is 19.8. The van der Waals surface area contributed by atoms with Crippen LogP contribution >= 0.6 is 0 Å². The lowest BCUT2D eigenvalue weighted by Crippen LogP contribution is -2.52. The number of aromatic amines is 1. The van der Waals surface area contributed by atoms with Crippen LogP contribution in [-0.2, 0) is 19.2 Å². The van der Waals surface area contributed by atoms with Crippen LogP contribution in [0.4, 0.5) is 0 Å². The maximum Gasteiger partial charge on any atom is 0.249 e. The van der Waals surface area contributed by atoms with Crippen molar-refractivity contribution in [2.24, 2.45) is 16.8 Å². The number of aliphatic hydroxyl groups excluding tert-OH is 2. The van der Waals surface area contributed by atoms with Gasteiger partial charge in [-0.05, 0) is 79.2 Å². The normalized spacial score (nSPS) is 20.5. The molecule has 1 aromatic heterocycles. The van der Waals surface area contributed by atoms with E-state index >= 15 is 0 Å². The van der Waals surface area contributed by atoms with Crippen LogP contribution in [0.25, 0.3) is 28.0 Å². The lowest BCUT2D eigenvalue weighted by atomic mass is 9.96. The average Bonchev–Trinajstić information content (AvgIpc) is 4.03. The molecule has 0 bridgehead atoms. The molecule has 0 radical (unpaired) electrons. The summed E-state index contributed by atoms with van der Waals surface area (Å²) in [5.74, 6) is -1.24. The Hall–Kier alpha value is -5.14. The van der Waals surface area contributed by atoms with Gasteiger partial charge in [0.15, 0.2) is 0 Å². The Kier molecular flexibility index (Phi) is 12.5. The highest BCUT2D eigenvalue weighted by Gasteiger charge is 2.37. The fourth-order valence-electron chi connectivity index (χ4n) is 7.72. The minimum absolute atomic E-state index is 0.123. The molecule has 6 atom stereocenters. The van der Waals surface area contributed by atoms with Crippen LogP contribution < -0.4 is 10.6 Å². The first kappa shape index (κ1) is 40.5. The number of nitrogens with one attached hydrogen (secondary N) is 3. The number of allylic oxidation sites excluding steroid dienone is 1. The molecule has 13 heteroatoms. The number of aromatic nitrogens is 2. The Morgan fingerprint density at radius 1 is 0.696 bits per heavy atom. The molecule has 2 unspecified atom stereocenters. The summed E-state index contributed by atoms with van der Waals surface area (Å²) in [6.45, 7) is 11.5. The smallest absolute Gasteiger partial charge is 0.249 e. The summed E-state index contributed by atoms with van der Waals surface area (Å²) < 4.78 is 0. The highest BCUT2D eigenvalue weighted by atomic mass is 16.3. The number of imidazole rings is 1. The van der Waals surface area contributed by atoms with Gasteiger partial charge in [0.25, 0.3) is 0 Å². The zero-order chi connectivity index (χ0) is 40.3. The highest BCUT2D eigenvalue weighted by Crippen LogP contribution is 2.34. The fourth-order valence-corrected chi connectivity index (χ4v) is 7.72. The molecule has 6 rings (SSSR count). The van der Waals surface area contributed by atoms with E-state index in [2.05, 4.69) is 57.0 Å². The van der Waals surface area contributed by atoms with E-state index in [0.717, 1.165) is 64.9 Å². The molecule has 4 heterocycles. The molecule has 2 fully saturated rings. The van der Waals surface area contributed by atoms with Crippen LogP contribution in [0.5, 0.6) is 0 Å². The molecule has 5 N–H and O–H groups in total. The Morgan fingerprint density at radius 3 is 1.68 bits per heavy atom. The maximum atomic E-state index is 13.4. The molecule has 13 nitrogen and oxygen atoms in total. The van der Waals surface area contributed by atoms with Gasteiger partial charge in [0, 0.05) is 31.4 Å². The Labute approximate surface area is 328 Å². The van der Waals surface area contributed by atoms with Gasteiger partial charge in [-0.25, -0.2) is 4.98 Å².